The number of fused-ring (bicyclic) bond motifs is 3. The van der Waals surface area contributed by atoms with Crippen molar-refractivity contribution in [1.82, 2.24) is 0 Å². The van der Waals surface area contributed by atoms with Crippen LogP contribution < -0.4 is 11.1 Å². The van der Waals surface area contributed by atoms with Gasteiger partial charge in [-0.05, 0) is 0 Å². The fraction of sp³-hybridized carbons (Fsp3) is 0.324. The second kappa shape index (κ2) is 15.0. The Morgan fingerprint density at radius 3 is 1.38 bits per heavy atom. The molecule has 30 heteroatoms. The summed E-state index contributed by atoms with van der Waals surface area (Å²) in [5.41, 5.74) is -3.09. The molecular formula is C34H12F23IO6. The zero-order valence-corrected chi connectivity index (χ0v) is 31.6. The van der Waals surface area contributed by atoms with Gasteiger partial charge in [0.2, 0.25) is 0 Å². The van der Waals surface area contributed by atoms with Crippen molar-refractivity contribution < 1.29 is 118 Å². The Morgan fingerprint density at radius 2 is 0.859 bits per heavy atom. The molecule has 0 aliphatic rings. The predicted octanol–water partition coefficient (Wildman–Crippen LogP) is 12.0. The van der Waals surface area contributed by atoms with Crippen molar-refractivity contribution in [3.63, 3.8) is 0 Å². The number of carbonyl (C=O) groups excluding carboxylic acids is 1. The zero-order valence-electron chi connectivity index (χ0n) is 29.4. The minimum absolute atomic E-state index is 0.0475. The number of hydrogen-bond acceptors (Lipinski definition) is 6. The van der Waals surface area contributed by atoms with Gasteiger partial charge in [0, 0.05) is 0 Å². The molecule has 0 atom stereocenters. The molecule has 5 aromatic rings. The van der Waals surface area contributed by atoms with E-state index in [2.05, 4.69) is 3.07 Å². The van der Waals surface area contributed by atoms with Gasteiger partial charge in [0.25, 0.3) is 0 Å². The second-order valence-electron chi connectivity index (χ2n) is 12.9. The Labute approximate surface area is 342 Å². The van der Waals surface area contributed by atoms with Gasteiger partial charge in [-0.15, -0.1) is 0 Å². The molecule has 0 fully saturated rings. The van der Waals surface area contributed by atoms with Gasteiger partial charge in [-0.2, -0.15) is 22.0 Å². The van der Waals surface area contributed by atoms with Crippen LogP contribution in [0.2, 0.25) is 0 Å². The Bertz CT molecular complexity index is 2760. The molecule has 2 aromatic heterocycles. The standard InChI is InChI=1S/C34H12F23IO6/c35-24(36,25(37,38)26(39,40)27(41,42)28(43,44)29(45,46)30(47,48)31(49,50)32(51,52)33(53,54)34(55,56)57)23(61)64-58(15-7-5-13-6-10-21(59)63-20(13)12-15)14-8-9-19-17(11-14)22(60)16-3-1-2-4-18(16)62-19/h1-12H. The number of carbonyl (C=O) groups is 1. The molecule has 0 aliphatic heterocycles. The van der Waals surface area contributed by atoms with Crippen LogP contribution in [0.5, 0.6) is 0 Å². The van der Waals surface area contributed by atoms with E-state index >= 15 is 8.78 Å². The molecule has 2 heterocycles. The third-order valence-electron chi connectivity index (χ3n) is 8.83. The van der Waals surface area contributed by atoms with Crippen molar-refractivity contribution in [2.45, 2.75) is 65.4 Å². The quantitative estimate of drug-likeness (QED) is 0.0505. The normalized spacial score (nSPS) is 15.0. The van der Waals surface area contributed by atoms with Crippen molar-refractivity contribution in [2.75, 3.05) is 0 Å². The zero-order chi connectivity index (χ0) is 49.0. The molecule has 5 rings (SSSR count). The van der Waals surface area contributed by atoms with Gasteiger partial charge >= 0.3 is 321 Å². The average molecular weight is 1080 g/mol. The molecular weight excluding hydrogens is 1070 g/mol. The van der Waals surface area contributed by atoms with Crippen molar-refractivity contribution in [2.24, 2.45) is 0 Å². The molecule has 0 bridgehead atoms. The van der Waals surface area contributed by atoms with Crippen LogP contribution in [-0.4, -0.2) is 71.4 Å². The molecule has 0 spiro atoms. The number of halogens is 24. The summed E-state index contributed by atoms with van der Waals surface area (Å²) in [4.78, 5) is 37.8. The summed E-state index contributed by atoms with van der Waals surface area (Å²) in [6, 6.07) is 11.5. The first-order valence-electron chi connectivity index (χ1n) is 16.0. The first-order chi connectivity index (χ1) is 28.7. The predicted molar refractivity (Wildman–Crippen MR) is 176 cm³/mol. The van der Waals surface area contributed by atoms with Crippen LogP contribution in [0, 0.1) is 7.14 Å². The summed E-state index contributed by atoms with van der Waals surface area (Å²) in [5, 5.41) is -0.799. The Kier molecular flexibility index (Phi) is 11.7. The topological polar surface area (TPSA) is 86.7 Å². The molecule has 0 aliphatic carbocycles. The van der Waals surface area contributed by atoms with Crippen molar-refractivity contribution >= 4 is 59.1 Å². The first kappa shape index (κ1) is 49.9. The maximum atomic E-state index is 15.2. The summed E-state index contributed by atoms with van der Waals surface area (Å²) >= 11 is -5.09. The Balaban J connectivity index is 1.60. The number of hydrogen-bond donors (Lipinski definition) is 0. The molecule has 0 amide bonds. The Hall–Kier alpha value is -5.07. The molecule has 0 N–H and O–H groups in total. The summed E-state index contributed by atoms with van der Waals surface area (Å²) < 4.78 is 335. The van der Waals surface area contributed by atoms with Gasteiger partial charge in [-0.3, -0.25) is 0 Å². The van der Waals surface area contributed by atoms with Crippen molar-refractivity contribution in [3.8, 4) is 0 Å². The van der Waals surface area contributed by atoms with E-state index in [4.69, 9.17) is 8.83 Å². The number of alkyl halides is 23. The van der Waals surface area contributed by atoms with Crippen LogP contribution in [0.25, 0.3) is 32.9 Å². The van der Waals surface area contributed by atoms with Crippen LogP contribution in [0.15, 0.2) is 91.2 Å². The fourth-order valence-corrected chi connectivity index (χ4v) is 9.32. The molecule has 6 nitrogen and oxygen atoms in total. The van der Waals surface area contributed by atoms with Gasteiger partial charge in [0.05, 0.1) is 0 Å². The molecule has 0 saturated heterocycles. The van der Waals surface area contributed by atoms with Crippen molar-refractivity contribution in [3.05, 3.63) is 101 Å². The van der Waals surface area contributed by atoms with Gasteiger partial charge in [-0.25, -0.2) is 0 Å². The van der Waals surface area contributed by atoms with Crippen LogP contribution in [0.1, 0.15) is 0 Å². The van der Waals surface area contributed by atoms with E-state index in [-0.39, 0.29) is 21.9 Å². The van der Waals surface area contributed by atoms with Crippen LogP contribution in [0.4, 0.5) is 101 Å². The minimum Gasteiger partial charge on any atom is -0.189 e. The summed E-state index contributed by atoms with van der Waals surface area (Å²) in [5.74, 6) is -95.3. The SMILES string of the molecule is O=C(OI(c1ccc2ccc(=O)oc2c1)c1ccc2oc3ccccc3c(=O)c2c1)C(F)(F)C(F)(F)C(F)(F)C(F)(F)C(F)(F)C(F)(F)C(F)(F)C(F)(F)C(F)(F)C(F)(F)C(F)(F)F. The van der Waals surface area contributed by atoms with Gasteiger partial charge in [0.15, 0.2) is 0 Å². The smallest absolute Gasteiger partial charge is 0.189 e. The van der Waals surface area contributed by atoms with Gasteiger partial charge in [-0.1, -0.05) is 0 Å². The van der Waals surface area contributed by atoms with Crippen LogP contribution >= 0.6 is 20.2 Å². The number of para-hydroxylation sites is 1. The van der Waals surface area contributed by atoms with E-state index in [9.17, 15) is 107 Å². The van der Waals surface area contributed by atoms with Gasteiger partial charge < -0.3 is 0 Å². The molecule has 0 saturated carbocycles. The third kappa shape index (κ3) is 6.88. The Morgan fingerprint density at radius 1 is 0.438 bits per heavy atom. The second-order valence-corrected chi connectivity index (χ2v) is 17.2. The molecule has 3 aromatic carbocycles. The summed E-state index contributed by atoms with van der Waals surface area (Å²) in [6.07, 6.45) is -8.20. The van der Waals surface area contributed by atoms with E-state index in [1.54, 1.807) is 0 Å². The molecule has 64 heavy (non-hydrogen) atoms. The van der Waals surface area contributed by atoms with Crippen LogP contribution in [0.3, 0.4) is 0 Å². The summed E-state index contributed by atoms with van der Waals surface area (Å²) in [6.45, 7) is 0. The van der Waals surface area contributed by atoms with E-state index in [1.807, 2.05) is 0 Å². The minimum atomic E-state index is -9.62. The van der Waals surface area contributed by atoms with Crippen LogP contribution in [-0.2, 0) is 7.86 Å². The van der Waals surface area contributed by atoms with E-state index in [1.165, 1.54) is 24.3 Å². The van der Waals surface area contributed by atoms with E-state index < -0.39 is 121 Å². The van der Waals surface area contributed by atoms with E-state index in [0.29, 0.717) is 12.1 Å². The van der Waals surface area contributed by atoms with Gasteiger partial charge in [0.1, 0.15) is 0 Å². The summed E-state index contributed by atoms with van der Waals surface area (Å²) in [7, 11) is 0. The number of benzene rings is 3. The van der Waals surface area contributed by atoms with Crippen molar-refractivity contribution in [1.29, 1.82) is 0 Å². The first-order valence-corrected chi connectivity index (χ1v) is 19.0. The van der Waals surface area contributed by atoms with E-state index in [0.717, 1.165) is 36.4 Å². The number of rotatable bonds is 13. The molecule has 0 radical (unpaired) electrons. The maximum absolute atomic E-state index is 15.2. The monoisotopic (exact) mass is 1080 g/mol. The molecule has 352 valence electrons. The molecule has 0 unspecified atom stereocenters. The fourth-order valence-electron chi connectivity index (χ4n) is 5.24. The third-order valence-corrected chi connectivity index (χ3v) is 13.3. The average Bonchev–Trinajstić information content (AvgIpc) is 3.18.